The van der Waals surface area contributed by atoms with Gasteiger partial charge in [-0.25, -0.2) is 0 Å². The normalized spacial score (nSPS) is 12.4. The number of hydrogen-bond donors (Lipinski definition) is 2. The topological polar surface area (TPSA) is 79.8 Å². The Morgan fingerprint density at radius 2 is 2.14 bits per heavy atom. The molecule has 8 heteroatoms. The zero-order valence-corrected chi connectivity index (χ0v) is 13.4. The number of rotatable bonds is 4. The molecule has 0 radical (unpaired) electrons. The van der Waals surface area contributed by atoms with Gasteiger partial charge in [0, 0.05) is 18.0 Å². The van der Waals surface area contributed by atoms with Crippen LogP contribution in [0.25, 0.3) is 0 Å². The van der Waals surface area contributed by atoms with Crippen LogP contribution in [-0.2, 0) is 7.05 Å². The van der Waals surface area contributed by atoms with Crippen LogP contribution in [0.3, 0.4) is 0 Å². The molecule has 21 heavy (non-hydrogen) atoms. The lowest BCUT2D eigenvalue weighted by molar-refractivity contribution is 0.596. The van der Waals surface area contributed by atoms with Crippen molar-refractivity contribution in [2.24, 2.45) is 7.05 Å². The molecular weight excluding hydrogens is 312 g/mol. The van der Waals surface area contributed by atoms with E-state index in [4.69, 9.17) is 11.6 Å². The lowest BCUT2D eigenvalue weighted by Crippen LogP contribution is -2.33. The van der Waals surface area contributed by atoms with E-state index in [-0.39, 0.29) is 6.04 Å². The maximum Gasteiger partial charge on any atom is 0.339 e. The number of aromatic nitrogens is 3. The minimum Gasteiger partial charge on any atom is -0.313 e. The van der Waals surface area contributed by atoms with Gasteiger partial charge in [-0.2, -0.15) is 4.98 Å². The van der Waals surface area contributed by atoms with Crippen LogP contribution in [-0.4, -0.2) is 21.8 Å². The van der Waals surface area contributed by atoms with Gasteiger partial charge in [0.1, 0.15) is 0 Å². The molecule has 6 nitrogen and oxygen atoms in total. The molecule has 0 amide bonds. The second-order valence-corrected chi connectivity index (χ2v) is 5.92. The summed E-state index contributed by atoms with van der Waals surface area (Å²) < 4.78 is 1.40. The van der Waals surface area contributed by atoms with Gasteiger partial charge >= 0.3 is 11.1 Å². The van der Waals surface area contributed by atoms with Gasteiger partial charge in [-0.15, -0.1) is 0 Å². The number of H-pyrrole nitrogens is 1. The Kier molecular flexibility index (Phi) is 4.87. The molecule has 2 rings (SSSR count). The smallest absolute Gasteiger partial charge is 0.313 e. The predicted octanol–water partition coefficient (Wildman–Crippen LogP) is 1.55. The van der Waals surface area contributed by atoms with Crippen molar-refractivity contribution in [2.75, 3.05) is 7.05 Å². The maximum absolute atomic E-state index is 11.3. The standard InChI is InChI=1S/C13H15ClN4O2S/c1-7(15-2)8-4-5-10(9(14)6-8)21-13-16-11(19)12(20)17-18(13)3/h4-7,15H,1-3H3,(H,17,20). The lowest BCUT2D eigenvalue weighted by atomic mass is 10.1. The van der Waals surface area contributed by atoms with Crippen molar-refractivity contribution >= 4 is 23.4 Å². The van der Waals surface area contributed by atoms with Crippen LogP contribution < -0.4 is 16.4 Å². The van der Waals surface area contributed by atoms with Crippen LogP contribution in [0.15, 0.2) is 37.8 Å². The number of halogens is 1. The first-order valence-electron chi connectivity index (χ1n) is 6.24. The molecule has 0 aliphatic heterocycles. The third-order valence-corrected chi connectivity index (χ3v) is 4.59. The number of nitrogens with zero attached hydrogens (tertiary/aromatic N) is 2. The Bertz CT molecular complexity index is 771. The molecule has 0 saturated heterocycles. The Labute approximate surface area is 130 Å². The van der Waals surface area contributed by atoms with Gasteiger partial charge in [-0.05, 0) is 43.4 Å². The van der Waals surface area contributed by atoms with Crippen molar-refractivity contribution in [1.29, 1.82) is 0 Å². The van der Waals surface area contributed by atoms with Gasteiger partial charge in [0.15, 0.2) is 5.16 Å². The SMILES string of the molecule is CNC(C)c1ccc(Sc2nc(=O)c(=O)[nH]n2C)c(Cl)c1. The molecule has 1 atom stereocenters. The largest absolute Gasteiger partial charge is 0.339 e. The van der Waals surface area contributed by atoms with Crippen molar-refractivity contribution in [3.63, 3.8) is 0 Å². The fraction of sp³-hybridized carbons (Fsp3) is 0.308. The van der Waals surface area contributed by atoms with E-state index in [1.165, 1.54) is 16.4 Å². The average molecular weight is 327 g/mol. The van der Waals surface area contributed by atoms with Crippen LogP contribution in [0.4, 0.5) is 0 Å². The zero-order valence-electron chi connectivity index (χ0n) is 11.8. The molecule has 0 aliphatic carbocycles. The summed E-state index contributed by atoms with van der Waals surface area (Å²) in [5.41, 5.74) is -0.492. The maximum atomic E-state index is 11.3. The van der Waals surface area contributed by atoms with E-state index in [0.717, 1.165) is 10.5 Å². The molecule has 1 heterocycles. The van der Waals surface area contributed by atoms with E-state index < -0.39 is 11.1 Å². The zero-order chi connectivity index (χ0) is 15.6. The van der Waals surface area contributed by atoms with Crippen molar-refractivity contribution in [3.8, 4) is 0 Å². The molecular formula is C13H15ClN4O2S. The lowest BCUT2D eigenvalue weighted by Gasteiger charge is -2.13. The minimum absolute atomic E-state index is 0.192. The summed E-state index contributed by atoms with van der Waals surface area (Å²) in [5.74, 6) is 0. The van der Waals surface area contributed by atoms with Crippen molar-refractivity contribution < 1.29 is 0 Å². The summed E-state index contributed by atoms with van der Waals surface area (Å²) in [6.45, 7) is 2.03. The molecule has 0 bridgehead atoms. The molecule has 112 valence electrons. The molecule has 2 aromatic rings. The molecule has 1 aromatic carbocycles. The number of aryl methyl sites for hydroxylation is 1. The Morgan fingerprint density at radius 1 is 1.43 bits per heavy atom. The predicted molar refractivity (Wildman–Crippen MR) is 83.1 cm³/mol. The van der Waals surface area contributed by atoms with Crippen molar-refractivity contribution in [3.05, 3.63) is 49.5 Å². The third-order valence-electron chi connectivity index (χ3n) is 3.04. The fourth-order valence-electron chi connectivity index (χ4n) is 1.69. The van der Waals surface area contributed by atoms with Crippen molar-refractivity contribution in [1.82, 2.24) is 20.1 Å². The Balaban J connectivity index is 2.34. The fourth-order valence-corrected chi connectivity index (χ4v) is 2.79. The van der Waals surface area contributed by atoms with E-state index >= 15 is 0 Å². The minimum atomic E-state index is -0.813. The second kappa shape index (κ2) is 6.46. The van der Waals surface area contributed by atoms with E-state index in [9.17, 15) is 9.59 Å². The number of hydrogen-bond acceptors (Lipinski definition) is 5. The monoisotopic (exact) mass is 326 g/mol. The van der Waals surface area contributed by atoms with Crippen LogP contribution in [0.5, 0.6) is 0 Å². The van der Waals surface area contributed by atoms with Gasteiger partial charge in [0.2, 0.25) is 0 Å². The summed E-state index contributed by atoms with van der Waals surface area (Å²) in [6, 6.07) is 5.89. The van der Waals surface area contributed by atoms with Crippen LogP contribution in [0.1, 0.15) is 18.5 Å². The van der Waals surface area contributed by atoms with Gasteiger partial charge < -0.3 is 5.32 Å². The van der Waals surface area contributed by atoms with Gasteiger partial charge in [0.25, 0.3) is 0 Å². The first kappa shape index (κ1) is 15.8. The molecule has 0 saturated carbocycles. The third kappa shape index (κ3) is 3.55. The summed E-state index contributed by atoms with van der Waals surface area (Å²) >= 11 is 7.49. The molecule has 1 aromatic heterocycles. The van der Waals surface area contributed by atoms with E-state index in [2.05, 4.69) is 15.4 Å². The number of aromatic amines is 1. The highest BCUT2D eigenvalue weighted by atomic mass is 35.5. The summed E-state index contributed by atoms with van der Waals surface area (Å²) in [7, 11) is 3.49. The highest BCUT2D eigenvalue weighted by molar-refractivity contribution is 7.99. The number of benzene rings is 1. The molecule has 0 fully saturated rings. The highest BCUT2D eigenvalue weighted by Gasteiger charge is 2.11. The molecule has 1 unspecified atom stereocenters. The van der Waals surface area contributed by atoms with E-state index in [1.54, 1.807) is 7.05 Å². The van der Waals surface area contributed by atoms with Crippen LogP contribution in [0.2, 0.25) is 5.02 Å². The summed E-state index contributed by atoms with van der Waals surface area (Å²) in [6.07, 6.45) is 0. The first-order valence-corrected chi connectivity index (χ1v) is 7.43. The Hall–Kier alpha value is -1.57. The molecule has 0 spiro atoms. The van der Waals surface area contributed by atoms with Gasteiger partial charge in [-0.3, -0.25) is 19.4 Å². The summed E-state index contributed by atoms with van der Waals surface area (Å²) in [5, 5.41) is 6.48. The number of nitrogens with one attached hydrogen (secondary N) is 2. The summed E-state index contributed by atoms with van der Waals surface area (Å²) in [4.78, 5) is 27.0. The average Bonchev–Trinajstić information content (AvgIpc) is 2.45. The van der Waals surface area contributed by atoms with Crippen molar-refractivity contribution in [2.45, 2.75) is 23.0 Å². The first-order chi connectivity index (χ1) is 9.92. The van der Waals surface area contributed by atoms with E-state index in [0.29, 0.717) is 10.2 Å². The molecule has 0 aliphatic rings. The highest BCUT2D eigenvalue weighted by Crippen LogP contribution is 2.32. The van der Waals surface area contributed by atoms with Crippen LogP contribution in [0, 0.1) is 0 Å². The quantitative estimate of drug-likeness (QED) is 0.833. The second-order valence-electron chi connectivity index (χ2n) is 4.50. The van der Waals surface area contributed by atoms with E-state index in [1.807, 2.05) is 32.2 Å². The van der Waals surface area contributed by atoms with Gasteiger partial charge in [0.05, 0.1) is 5.02 Å². The molecule has 2 N–H and O–H groups in total. The Morgan fingerprint density at radius 3 is 2.76 bits per heavy atom. The van der Waals surface area contributed by atoms with Gasteiger partial charge in [-0.1, -0.05) is 17.7 Å². The van der Waals surface area contributed by atoms with Crippen LogP contribution >= 0.6 is 23.4 Å².